The SMILES string of the molecule is CC1(O)C[C@H]2COCC[C@H]2[C@H]1CO. The van der Waals surface area contributed by atoms with Crippen molar-refractivity contribution in [2.75, 3.05) is 19.8 Å². The number of ether oxygens (including phenoxy) is 1. The average Bonchev–Trinajstić information content (AvgIpc) is 2.33. The molecule has 0 spiro atoms. The van der Waals surface area contributed by atoms with E-state index in [-0.39, 0.29) is 12.5 Å². The molecular formula is C10H18O3. The van der Waals surface area contributed by atoms with E-state index in [0.717, 1.165) is 26.1 Å². The highest BCUT2D eigenvalue weighted by molar-refractivity contribution is 4.99. The summed E-state index contributed by atoms with van der Waals surface area (Å²) in [5.74, 6) is 0.982. The summed E-state index contributed by atoms with van der Waals surface area (Å²) in [5.41, 5.74) is -0.683. The van der Waals surface area contributed by atoms with E-state index >= 15 is 0 Å². The Bertz CT molecular complexity index is 191. The van der Waals surface area contributed by atoms with Crippen molar-refractivity contribution < 1.29 is 14.9 Å². The number of aliphatic hydroxyl groups excluding tert-OH is 1. The second-order valence-corrected chi connectivity index (χ2v) is 4.64. The first kappa shape index (κ1) is 9.44. The molecule has 2 aliphatic rings. The van der Waals surface area contributed by atoms with Crippen molar-refractivity contribution in [2.45, 2.75) is 25.4 Å². The smallest absolute Gasteiger partial charge is 0.0676 e. The Hall–Kier alpha value is -0.120. The Morgan fingerprint density at radius 3 is 3.00 bits per heavy atom. The molecular weight excluding hydrogens is 168 g/mol. The number of fused-ring (bicyclic) bond motifs is 1. The van der Waals surface area contributed by atoms with E-state index in [9.17, 15) is 10.2 Å². The molecule has 2 fully saturated rings. The predicted octanol–water partition coefficient (Wildman–Crippen LogP) is 0.402. The predicted molar refractivity (Wildman–Crippen MR) is 48.2 cm³/mol. The maximum absolute atomic E-state index is 10.1. The maximum Gasteiger partial charge on any atom is 0.0676 e. The molecule has 2 rings (SSSR count). The minimum Gasteiger partial charge on any atom is -0.396 e. The minimum atomic E-state index is -0.683. The van der Waals surface area contributed by atoms with Gasteiger partial charge in [-0.2, -0.15) is 0 Å². The van der Waals surface area contributed by atoms with Gasteiger partial charge in [0.1, 0.15) is 0 Å². The van der Waals surface area contributed by atoms with E-state index in [1.54, 1.807) is 0 Å². The fraction of sp³-hybridized carbons (Fsp3) is 1.00. The van der Waals surface area contributed by atoms with Gasteiger partial charge in [-0.3, -0.25) is 0 Å². The lowest BCUT2D eigenvalue weighted by Crippen LogP contribution is -2.35. The zero-order chi connectivity index (χ0) is 9.47. The Morgan fingerprint density at radius 1 is 1.54 bits per heavy atom. The molecule has 0 aromatic rings. The van der Waals surface area contributed by atoms with Gasteiger partial charge < -0.3 is 14.9 Å². The van der Waals surface area contributed by atoms with Crippen LogP contribution in [-0.2, 0) is 4.74 Å². The fourth-order valence-electron chi connectivity index (χ4n) is 3.03. The quantitative estimate of drug-likeness (QED) is 0.623. The summed E-state index contributed by atoms with van der Waals surface area (Å²) in [6.07, 6.45) is 1.77. The summed E-state index contributed by atoms with van der Waals surface area (Å²) in [6.45, 7) is 3.49. The first-order valence-electron chi connectivity index (χ1n) is 5.06. The van der Waals surface area contributed by atoms with Crippen molar-refractivity contribution in [3.05, 3.63) is 0 Å². The average molecular weight is 186 g/mol. The molecule has 2 N–H and O–H groups in total. The monoisotopic (exact) mass is 186 g/mol. The molecule has 0 amide bonds. The number of aliphatic hydroxyl groups is 2. The van der Waals surface area contributed by atoms with Gasteiger partial charge in [-0.25, -0.2) is 0 Å². The number of hydrogen-bond acceptors (Lipinski definition) is 3. The Labute approximate surface area is 78.7 Å². The van der Waals surface area contributed by atoms with Crippen molar-refractivity contribution in [2.24, 2.45) is 17.8 Å². The standard InChI is InChI=1S/C10H18O3/c1-10(12)4-7-6-13-3-2-8(7)9(10)5-11/h7-9,11-12H,2-6H2,1H3/t7-,8+,9+,10?/m0/s1. The molecule has 0 aromatic heterocycles. The molecule has 1 heterocycles. The zero-order valence-corrected chi connectivity index (χ0v) is 8.07. The second-order valence-electron chi connectivity index (χ2n) is 4.64. The molecule has 0 aromatic carbocycles. The fourth-order valence-corrected chi connectivity index (χ4v) is 3.03. The highest BCUT2D eigenvalue weighted by atomic mass is 16.5. The van der Waals surface area contributed by atoms with Gasteiger partial charge in [0.15, 0.2) is 0 Å². The lowest BCUT2D eigenvalue weighted by Gasteiger charge is -2.30. The van der Waals surface area contributed by atoms with Crippen LogP contribution in [0, 0.1) is 17.8 Å². The van der Waals surface area contributed by atoms with Crippen LogP contribution in [0.4, 0.5) is 0 Å². The highest BCUT2D eigenvalue weighted by Crippen LogP contribution is 2.47. The molecule has 76 valence electrons. The van der Waals surface area contributed by atoms with Crippen LogP contribution in [0.1, 0.15) is 19.8 Å². The molecule has 3 heteroatoms. The molecule has 13 heavy (non-hydrogen) atoms. The minimum absolute atomic E-state index is 0.0569. The van der Waals surface area contributed by atoms with Crippen LogP contribution in [0.25, 0.3) is 0 Å². The van der Waals surface area contributed by atoms with E-state index in [1.165, 1.54) is 0 Å². The molecule has 1 aliphatic carbocycles. The van der Waals surface area contributed by atoms with Crippen LogP contribution in [0.3, 0.4) is 0 Å². The van der Waals surface area contributed by atoms with E-state index in [1.807, 2.05) is 6.92 Å². The van der Waals surface area contributed by atoms with Crippen molar-refractivity contribution >= 4 is 0 Å². The third-order valence-electron chi connectivity index (χ3n) is 3.72. The normalized spacial score (nSPS) is 50.5. The Morgan fingerprint density at radius 2 is 2.31 bits per heavy atom. The van der Waals surface area contributed by atoms with E-state index in [0.29, 0.717) is 11.8 Å². The molecule has 4 atom stereocenters. The van der Waals surface area contributed by atoms with Crippen LogP contribution in [0.5, 0.6) is 0 Å². The van der Waals surface area contributed by atoms with Crippen molar-refractivity contribution in [1.82, 2.24) is 0 Å². The topological polar surface area (TPSA) is 49.7 Å². The zero-order valence-electron chi connectivity index (χ0n) is 8.07. The van der Waals surface area contributed by atoms with Crippen molar-refractivity contribution in [1.29, 1.82) is 0 Å². The lowest BCUT2D eigenvalue weighted by molar-refractivity contribution is -0.0227. The Kier molecular flexibility index (Phi) is 2.34. The van der Waals surface area contributed by atoms with Crippen LogP contribution in [-0.4, -0.2) is 35.6 Å². The molecule has 1 saturated heterocycles. The molecule has 0 bridgehead atoms. The van der Waals surface area contributed by atoms with Crippen molar-refractivity contribution in [3.63, 3.8) is 0 Å². The summed E-state index contributed by atoms with van der Waals surface area (Å²) < 4.78 is 5.38. The van der Waals surface area contributed by atoms with Gasteiger partial charge >= 0.3 is 0 Å². The summed E-state index contributed by atoms with van der Waals surface area (Å²) in [7, 11) is 0. The largest absolute Gasteiger partial charge is 0.396 e. The van der Waals surface area contributed by atoms with Crippen molar-refractivity contribution in [3.8, 4) is 0 Å². The van der Waals surface area contributed by atoms with Gasteiger partial charge in [0.2, 0.25) is 0 Å². The molecule has 1 saturated carbocycles. The van der Waals surface area contributed by atoms with Gasteiger partial charge in [0, 0.05) is 25.7 Å². The number of hydrogen-bond donors (Lipinski definition) is 2. The number of rotatable bonds is 1. The van der Waals surface area contributed by atoms with E-state index in [2.05, 4.69) is 0 Å². The van der Waals surface area contributed by atoms with Gasteiger partial charge in [-0.1, -0.05) is 0 Å². The van der Waals surface area contributed by atoms with Crippen LogP contribution in [0.15, 0.2) is 0 Å². The first-order valence-corrected chi connectivity index (χ1v) is 5.06. The first-order chi connectivity index (χ1) is 6.15. The third-order valence-corrected chi connectivity index (χ3v) is 3.72. The van der Waals surface area contributed by atoms with Gasteiger partial charge in [-0.15, -0.1) is 0 Å². The molecule has 1 aliphatic heterocycles. The summed E-state index contributed by atoms with van der Waals surface area (Å²) in [5, 5.41) is 19.3. The summed E-state index contributed by atoms with van der Waals surface area (Å²) >= 11 is 0. The summed E-state index contributed by atoms with van der Waals surface area (Å²) in [4.78, 5) is 0. The molecule has 0 radical (unpaired) electrons. The van der Waals surface area contributed by atoms with Gasteiger partial charge in [0.25, 0.3) is 0 Å². The van der Waals surface area contributed by atoms with E-state index in [4.69, 9.17) is 4.74 Å². The van der Waals surface area contributed by atoms with E-state index < -0.39 is 5.60 Å². The second kappa shape index (κ2) is 3.23. The van der Waals surface area contributed by atoms with Crippen LogP contribution < -0.4 is 0 Å². The van der Waals surface area contributed by atoms with Crippen LogP contribution in [0.2, 0.25) is 0 Å². The van der Waals surface area contributed by atoms with Gasteiger partial charge in [0.05, 0.1) is 5.60 Å². The lowest BCUT2D eigenvalue weighted by atomic mass is 9.83. The summed E-state index contributed by atoms with van der Waals surface area (Å²) in [6, 6.07) is 0. The maximum atomic E-state index is 10.1. The molecule has 3 nitrogen and oxygen atoms in total. The Balaban J connectivity index is 2.14. The highest BCUT2D eigenvalue weighted by Gasteiger charge is 2.50. The van der Waals surface area contributed by atoms with Crippen LogP contribution >= 0.6 is 0 Å². The van der Waals surface area contributed by atoms with Gasteiger partial charge in [-0.05, 0) is 31.6 Å². The third kappa shape index (κ3) is 1.49. The molecule has 1 unspecified atom stereocenters.